The molecule has 1 atom stereocenters. The van der Waals surface area contributed by atoms with Gasteiger partial charge in [0.15, 0.2) is 5.82 Å². The summed E-state index contributed by atoms with van der Waals surface area (Å²) >= 11 is 6.14. The summed E-state index contributed by atoms with van der Waals surface area (Å²) in [5, 5.41) is 13.4. The Hall–Kier alpha value is -3.34. The predicted octanol–water partition coefficient (Wildman–Crippen LogP) is 3.50. The molecule has 0 spiro atoms. The molecule has 34 heavy (non-hydrogen) atoms. The van der Waals surface area contributed by atoms with E-state index in [1.54, 1.807) is 23.0 Å². The monoisotopic (exact) mass is 496 g/mol. The molecule has 1 unspecified atom stereocenters. The largest absolute Gasteiger partial charge is 0.281 e. The fourth-order valence-corrected chi connectivity index (χ4v) is 4.49. The Labute approximate surface area is 201 Å². The summed E-state index contributed by atoms with van der Waals surface area (Å²) < 4.78 is 32.3. The SMILES string of the molecule is Cc1nnc2n1-c1ccc(-c3cnn(C)c3)cc1C(c1ccc(Cl)cc1)=NC2COS(C)(=O)=O. The van der Waals surface area contributed by atoms with Gasteiger partial charge in [-0.2, -0.15) is 13.5 Å². The molecular formula is C23H21ClN6O3S. The average Bonchev–Trinajstić information content (AvgIpc) is 3.36. The van der Waals surface area contributed by atoms with Gasteiger partial charge in [0.25, 0.3) is 10.1 Å². The lowest BCUT2D eigenvalue weighted by Gasteiger charge is -2.14. The van der Waals surface area contributed by atoms with E-state index in [2.05, 4.69) is 15.3 Å². The molecule has 1 aliphatic heterocycles. The van der Waals surface area contributed by atoms with Crippen molar-refractivity contribution in [2.45, 2.75) is 13.0 Å². The van der Waals surface area contributed by atoms with E-state index in [4.69, 9.17) is 20.8 Å². The number of halogens is 1. The molecule has 2 aromatic carbocycles. The summed E-state index contributed by atoms with van der Waals surface area (Å²) in [6, 6.07) is 12.7. The van der Waals surface area contributed by atoms with Crippen LogP contribution in [0.15, 0.2) is 59.9 Å². The van der Waals surface area contributed by atoms with Crippen molar-refractivity contribution in [3.63, 3.8) is 0 Å². The van der Waals surface area contributed by atoms with Crippen LogP contribution in [0.25, 0.3) is 16.8 Å². The number of hydrogen-bond acceptors (Lipinski definition) is 7. The highest BCUT2D eigenvalue weighted by molar-refractivity contribution is 7.85. The number of aryl methyl sites for hydroxylation is 2. The maximum Gasteiger partial charge on any atom is 0.264 e. The Morgan fingerprint density at radius 1 is 1.06 bits per heavy atom. The van der Waals surface area contributed by atoms with E-state index < -0.39 is 16.2 Å². The fraction of sp³-hybridized carbons (Fsp3) is 0.217. The normalized spacial score (nSPS) is 15.4. The third kappa shape index (κ3) is 4.27. The fourth-order valence-electron chi connectivity index (χ4n) is 3.98. The van der Waals surface area contributed by atoms with Crippen LogP contribution >= 0.6 is 11.6 Å². The molecule has 9 nitrogen and oxygen atoms in total. The van der Waals surface area contributed by atoms with Crippen LogP contribution in [0.5, 0.6) is 0 Å². The Kier molecular flexibility index (Phi) is 5.59. The van der Waals surface area contributed by atoms with E-state index >= 15 is 0 Å². The molecule has 0 bridgehead atoms. The van der Waals surface area contributed by atoms with Crippen molar-refractivity contribution >= 4 is 27.4 Å². The zero-order chi connectivity index (χ0) is 24.0. The van der Waals surface area contributed by atoms with Crippen molar-refractivity contribution in [2.75, 3.05) is 12.9 Å². The first kappa shape index (κ1) is 22.5. The minimum absolute atomic E-state index is 0.197. The number of nitrogens with zero attached hydrogens (tertiary/aromatic N) is 6. The molecule has 2 aromatic heterocycles. The number of aromatic nitrogens is 5. The Bertz CT molecular complexity index is 1520. The zero-order valence-corrected chi connectivity index (χ0v) is 20.2. The molecule has 4 aromatic rings. The third-order valence-electron chi connectivity index (χ3n) is 5.52. The van der Waals surface area contributed by atoms with Crippen LogP contribution in [0.3, 0.4) is 0 Å². The standard InChI is InChI=1S/C23H21ClN6O3S/c1-14-27-28-23-20(13-33-34(3,31)32)26-22(15-4-7-18(24)8-5-15)19-10-16(6-9-21(19)30(14)23)17-11-25-29(2)12-17/h4-12,20H,13H2,1-3H3. The van der Waals surface area contributed by atoms with Crippen molar-refractivity contribution in [3.05, 3.63) is 82.7 Å². The van der Waals surface area contributed by atoms with Gasteiger partial charge in [-0.25, -0.2) is 0 Å². The molecule has 5 rings (SSSR count). The molecule has 174 valence electrons. The second-order valence-electron chi connectivity index (χ2n) is 8.06. The van der Waals surface area contributed by atoms with Crippen LogP contribution in [0.4, 0.5) is 0 Å². The van der Waals surface area contributed by atoms with Gasteiger partial charge in [-0.15, -0.1) is 10.2 Å². The quantitative estimate of drug-likeness (QED) is 0.392. The van der Waals surface area contributed by atoms with Crippen molar-refractivity contribution in [1.29, 1.82) is 0 Å². The van der Waals surface area contributed by atoms with Crippen molar-refractivity contribution < 1.29 is 12.6 Å². The highest BCUT2D eigenvalue weighted by atomic mass is 35.5. The number of rotatable bonds is 5. The van der Waals surface area contributed by atoms with E-state index in [1.165, 1.54) is 0 Å². The van der Waals surface area contributed by atoms with Gasteiger partial charge in [-0.05, 0) is 36.8 Å². The van der Waals surface area contributed by atoms with Crippen LogP contribution < -0.4 is 0 Å². The van der Waals surface area contributed by atoms with Gasteiger partial charge in [0.05, 0.1) is 30.5 Å². The van der Waals surface area contributed by atoms with E-state index in [0.717, 1.165) is 34.2 Å². The summed E-state index contributed by atoms with van der Waals surface area (Å²) in [4.78, 5) is 4.95. The van der Waals surface area contributed by atoms with Gasteiger partial charge in [-0.1, -0.05) is 29.8 Å². The van der Waals surface area contributed by atoms with Crippen LogP contribution in [-0.4, -0.2) is 51.5 Å². The first-order valence-corrected chi connectivity index (χ1v) is 12.6. The van der Waals surface area contributed by atoms with Gasteiger partial charge in [0.2, 0.25) is 0 Å². The Morgan fingerprint density at radius 2 is 1.79 bits per heavy atom. The molecule has 1 aliphatic rings. The molecule has 0 radical (unpaired) electrons. The Balaban J connectivity index is 1.75. The van der Waals surface area contributed by atoms with Crippen molar-refractivity contribution in [3.8, 4) is 16.8 Å². The first-order valence-electron chi connectivity index (χ1n) is 10.4. The minimum atomic E-state index is -3.68. The summed E-state index contributed by atoms with van der Waals surface area (Å²) in [5.41, 5.74) is 5.10. The van der Waals surface area contributed by atoms with Crippen molar-refractivity contribution in [1.82, 2.24) is 24.5 Å². The molecule has 0 saturated heterocycles. The molecule has 0 aliphatic carbocycles. The van der Waals surface area contributed by atoms with Gasteiger partial charge in [0, 0.05) is 35.0 Å². The summed E-state index contributed by atoms with van der Waals surface area (Å²) in [5.74, 6) is 1.16. The number of aliphatic imine (C=N–C) groups is 1. The van der Waals surface area contributed by atoms with E-state index in [0.29, 0.717) is 22.4 Å². The van der Waals surface area contributed by atoms with Crippen LogP contribution in [-0.2, 0) is 21.3 Å². The van der Waals surface area contributed by atoms with Crippen LogP contribution in [0, 0.1) is 6.92 Å². The van der Waals surface area contributed by atoms with Crippen LogP contribution in [0.2, 0.25) is 5.02 Å². The predicted molar refractivity (Wildman–Crippen MR) is 129 cm³/mol. The second kappa shape index (κ2) is 8.46. The molecule has 0 saturated carbocycles. The summed E-state index contributed by atoms with van der Waals surface area (Å²) in [7, 11) is -1.81. The molecule has 11 heteroatoms. The lowest BCUT2D eigenvalue weighted by molar-refractivity contribution is 0.292. The molecule has 3 heterocycles. The van der Waals surface area contributed by atoms with Gasteiger partial charge < -0.3 is 0 Å². The number of benzene rings is 2. The Morgan fingerprint density at radius 3 is 2.47 bits per heavy atom. The molecule has 0 fully saturated rings. The van der Waals surface area contributed by atoms with Gasteiger partial charge >= 0.3 is 0 Å². The van der Waals surface area contributed by atoms with Gasteiger partial charge in [-0.3, -0.25) is 18.4 Å². The minimum Gasteiger partial charge on any atom is -0.281 e. The second-order valence-corrected chi connectivity index (χ2v) is 10.1. The van der Waals surface area contributed by atoms with Crippen molar-refractivity contribution in [2.24, 2.45) is 12.0 Å². The third-order valence-corrected chi connectivity index (χ3v) is 6.34. The highest BCUT2D eigenvalue weighted by Gasteiger charge is 2.29. The smallest absolute Gasteiger partial charge is 0.264 e. The van der Waals surface area contributed by atoms with E-state index in [9.17, 15) is 8.42 Å². The summed E-state index contributed by atoms with van der Waals surface area (Å²) in [6.07, 6.45) is 4.75. The molecular weight excluding hydrogens is 476 g/mol. The first-order chi connectivity index (χ1) is 16.2. The average molecular weight is 497 g/mol. The van der Waals surface area contributed by atoms with E-state index in [-0.39, 0.29) is 6.61 Å². The maximum absolute atomic E-state index is 11.8. The topological polar surface area (TPSA) is 104 Å². The summed E-state index contributed by atoms with van der Waals surface area (Å²) in [6.45, 7) is 1.65. The maximum atomic E-state index is 11.8. The number of fused-ring (bicyclic) bond motifs is 3. The molecule has 0 amide bonds. The number of hydrogen-bond donors (Lipinski definition) is 0. The zero-order valence-electron chi connectivity index (χ0n) is 18.7. The lowest BCUT2D eigenvalue weighted by atomic mass is 9.96. The lowest BCUT2D eigenvalue weighted by Crippen LogP contribution is -2.15. The van der Waals surface area contributed by atoms with Gasteiger partial charge in [0.1, 0.15) is 11.9 Å². The van der Waals surface area contributed by atoms with E-state index in [1.807, 2.05) is 55.1 Å². The van der Waals surface area contributed by atoms with Crippen LogP contribution in [0.1, 0.15) is 28.8 Å². The highest BCUT2D eigenvalue weighted by Crippen LogP contribution is 2.34. The molecule has 0 N–H and O–H groups in total.